The van der Waals surface area contributed by atoms with Crippen LogP contribution in [-0.4, -0.2) is 18.6 Å². The van der Waals surface area contributed by atoms with Gasteiger partial charge in [0.15, 0.2) is 5.60 Å². The first-order valence-corrected chi connectivity index (χ1v) is 8.32. The van der Waals surface area contributed by atoms with E-state index in [0.717, 1.165) is 5.57 Å². The van der Waals surface area contributed by atoms with Crippen LogP contribution in [0.1, 0.15) is 18.9 Å². The maximum Gasteiger partial charge on any atom is 0.261 e. The molecule has 0 aliphatic carbocycles. The second-order valence-corrected chi connectivity index (χ2v) is 6.56. The first-order chi connectivity index (χ1) is 12.5. The van der Waals surface area contributed by atoms with Gasteiger partial charge < -0.3 is 14.8 Å². The number of nitrogens with one attached hydrogen (secondary N) is 1. The molecule has 0 fully saturated rings. The fourth-order valence-electron chi connectivity index (χ4n) is 3.54. The third kappa shape index (κ3) is 2.76. The third-order valence-electron chi connectivity index (χ3n) is 4.62. The Bertz CT molecular complexity index is 912. The summed E-state index contributed by atoms with van der Waals surface area (Å²) in [6, 6.07) is 10.4. The molecule has 6 heteroatoms. The second kappa shape index (κ2) is 6.21. The van der Waals surface area contributed by atoms with Crippen LogP contribution in [0.15, 0.2) is 54.1 Å². The summed E-state index contributed by atoms with van der Waals surface area (Å²) in [5.41, 5.74) is 0.325. The van der Waals surface area contributed by atoms with E-state index < -0.39 is 23.3 Å². The minimum atomic E-state index is -1.27. The van der Waals surface area contributed by atoms with Crippen molar-refractivity contribution in [2.24, 2.45) is 0 Å². The number of fused-ring (bicyclic) bond motifs is 2. The Morgan fingerprint density at radius 1 is 1.27 bits per heavy atom. The van der Waals surface area contributed by atoms with Crippen molar-refractivity contribution in [1.82, 2.24) is 0 Å². The SMILES string of the molecule is CC1=C[C@H](COc2cccc(F)c2)O[C@]2(C1)C(=O)Nc1c(F)cccc12. The number of hydrogen-bond donors (Lipinski definition) is 1. The normalized spacial score (nSPS) is 24.2. The number of para-hydroxylation sites is 1. The van der Waals surface area contributed by atoms with E-state index >= 15 is 0 Å². The van der Waals surface area contributed by atoms with Gasteiger partial charge in [-0.3, -0.25) is 4.79 Å². The van der Waals surface area contributed by atoms with Crippen molar-refractivity contribution in [3.8, 4) is 5.75 Å². The Hall–Kier alpha value is -2.73. The molecule has 2 aromatic rings. The minimum absolute atomic E-state index is 0.112. The minimum Gasteiger partial charge on any atom is -0.490 e. The Balaban J connectivity index is 1.60. The molecule has 26 heavy (non-hydrogen) atoms. The van der Waals surface area contributed by atoms with Crippen LogP contribution in [0.25, 0.3) is 0 Å². The van der Waals surface area contributed by atoms with Gasteiger partial charge in [0.1, 0.15) is 30.1 Å². The molecule has 4 nitrogen and oxygen atoms in total. The summed E-state index contributed by atoms with van der Waals surface area (Å²) >= 11 is 0. The lowest BCUT2D eigenvalue weighted by atomic mass is 9.85. The number of carbonyl (C=O) groups is 1. The van der Waals surface area contributed by atoms with Crippen LogP contribution in [0.3, 0.4) is 0 Å². The van der Waals surface area contributed by atoms with Crippen LogP contribution in [-0.2, 0) is 15.1 Å². The average molecular weight is 357 g/mol. The topological polar surface area (TPSA) is 47.6 Å². The molecule has 2 aliphatic heterocycles. The van der Waals surface area contributed by atoms with E-state index in [0.29, 0.717) is 17.7 Å². The van der Waals surface area contributed by atoms with Gasteiger partial charge in [-0.05, 0) is 25.1 Å². The van der Waals surface area contributed by atoms with E-state index in [1.807, 2.05) is 13.0 Å². The summed E-state index contributed by atoms with van der Waals surface area (Å²) in [5.74, 6) is -0.895. The van der Waals surface area contributed by atoms with Gasteiger partial charge in [-0.1, -0.05) is 29.8 Å². The maximum absolute atomic E-state index is 14.1. The highest BCUT2D eigenvalue weighted by molar-refractivity contribution is 6.05. The van der Waals surface area contributed by atoms with E-state index in [4.69, 9.17) is 9.47 Å². The molecule has 134 valence electrons. The summed E-state index contributed by atoms with van der Waals surface area (Å²) < 4.78 is 39.0. The fraction of sp³-hybridized carbons (Fsp3) is 0.250. The molecule has 2 aromatic carbocycles. The van der Waals surface area contributed by atoms with Crippen molar-refractivity contribution in [2.45, 2.75) is 25.0 Å². The van der Waals surface area contributed by atoms with Gasteiger partial charge in [0.25, 0.3) is 5.91 Å². The number of benzene rings is 2. The molecule has 1 amide bonds. The van der Waals surface area contributed by atoms with E-state index in [1.54, 1.807) is 24.3 Å². The number of rotatable bonds is 3. The van der Waals surface area contributed by atoms with Crippen molar-refractivity contribution in [3.63, 3.8) is 0 Å². The molecule has 2 heterocycles. The van der Waals surface area contributed by atoms with Crippen LogP contribution in [0.5, 0.6) is 5.75 Å². The lowest BCUT2D eigenvalue weighted by Crippen LogP contribution is -2.44. The summed E-state index contributed by atoms with van der Waals surface area (Å²) in [6.45, 7) is 2.00. The molecular formula is C20H17F2NO3. The smallest absolute Gasteiger partial charge is 0.261 e. The van der Waals surface area contributed by atoms with Crippen molar-refractivity contribution >= 4 is 11.6 Å². The van der Waals surface area contributed by atoms with Crippen molar-refractivity contribution in [1.29, 1.82) is 0 Å². The second-order valence-electron chi connectivity index (χ2n) is 6.56. The number of halogens is 2. The molecule has 4 rings (SSSR count). The summed E-state index contributed by atoms with van der Waals surface area (Å²) in [4.78, 5) is 12.6. The molecule has 1 N–H and O–H groups in total. The number of anilines is 1. The Morgan fingerprint density at radius 2 is 2.08 bits per heavy atom. The van der Waals surface area contributed by atoms with Crippen LogP contribution >= 0.6 is 0 Å². The quantitative estimate of drug-likeness (QED) is 0.847. The number of amides is 1. The van der Waals surface area contributed by atoms with Gasteiger partial charge in [-0.15, -0.1) is 0 Å². The van der Waals surface area contributed by atoms with Gasteiger partial charge in [0.2, 0.25) is 0 Å². The first-order valence-electron chi connectivity index (χ1n) is 8.32. The Morgan fingerprint density at radius 3 is 2.88 bits per heavy atom. The van der Waals surface area contributed by atoms with Gasteiger partial charge in [-0.25, -0.2) is 8.78 Å². The molecule has 0 saturated heterocycles. The number of hydrogen-bond acceptors (Lipinski definition) is 3. The van der Waals surface area contributed by atoms with Crippen LogP contribution in [0.2, 0.25) is 0 Å². The zero-order valence-electron chi connectivity index (χ0n) is 14.1. The van der Waals surface area contributed by atoms with Crippen molar-refractivity contribution in [2.75, 3.05) is 11.9 Å². The summed E-state index contributed by atoms with van der Waals surface area (Å²) in [7, 11) is 0. The largest absolute Gasteiger partial charge is 0.490 e. The fourth-order valence-corrected chi connectivity index (χ4v) is 3.54. The number of ether oxygens (including phenoxy) is 2. The predicted molar refractivity (Wildman–Crippen MR) is 91.8 cm³/mol. The van der Waals surface area contributed by atoms with Crippen molar-refractivity contribution in [3.05, 3.63) is 71.3 Å². The lowest BCUT2D eigenvalue weighted by Gasteiger charge is -2.35. The zero-order valence-corrected chi connectivity index (χ0v) is 14.1. The van der Waals surface area contributed by atoms with Crippen LogP contribution in [0.4, 0.5) is 14.5 Å². The standard InChI is InChI=1S/C20H17F2NO3/c1-12-8-15(11-25-14-5-2-4-13(21)9-14)26-20(10-12)16-6-3-7-17(22)18(16)23-19(20)24/h2-9,15H,10-11H2,1H3,(H,23,24)/t15-,20+/m1/s1. The van der Waals surface area contributed by atoms with E-state index in [2.05, 4.69) is 5.32 Å². The summed E-state index contributed by atoms with van der Waals surface area (Å²) in [5, 5.41) is 2.59. The van der Waals surface area contributed by atoms with Gasteiger partial charge in [0, 0.05) is 18.1 Å². The van der Waals surface area contributed by atoms with Gasteiger partial charge in [0.05, 0.1) is 5.69 Å². The highest BCUT2D eigenvalue weighted by Crippen LogP contribution is 2.46. The molecular weight excluding hydrogens is 340 g/mol. The monoisotopic (exact) mass is 357 g/mol. The van der Waals surface area contributed by atoms with E-state index in [1.165, 1.54) is 18.2 Å². The number of carbonyl (C=O) groups excluding carboxylic acids is 1. The van der Waals surface area contributed by atoms with Crippen LogP contribution < -0.4 is 10.1 Å². The third-order valence-corrected chi connectivity index (χ3v) is 4.62. The average Bonchev–Trinajstić information content (AvgIpc) is 2.86. The lowest BCUT2D eigenvalue weighted by molar-refractivity contribution is -0.151. The Kier molecular flexibility index (Phi) is 4.00. The highest BCUT2D eigenvalue weighted by atomic mass is 19.1. The maximum atomic E-state index is 14.1. The zero-order chi connectivity index (χ0) is 18.3. The molecule has 2 atom stereocenters. The molecule has 0 radical (unpaired) electrons. The van der Waals surface area contributed by atoms with Crippen LogP contribution in [0, 0.1) is 11.6 Å². The van der Waals surface area contributed by atoms with Gasteiger partial charge >= 0.3 is 0 Å². The summed E-state index contributed by atoms with van der Waals surface area (Å²) in [6.07, 6.45) is 1.69. The first kappa shape index (κ1) is 16.7. The molecule has 0 aromatic heterocycles. The predicted octanol–water partition coefficient (Wildman–Crippen LogP) is 3.93. The van der Waals surface area contributed by atoms with E-state index in [9.17, 15) is 13.6 Å². The molecule has 2 aliphatic rings. The highest BCUT2D eigenvalue weighted by Gasteiger charge is 2.51. The molecule has 0 saturated carbocycles. The molecule has 1 spiro atoms. The molecule has 0 unspecified atom stereocenters. The molecule has 0 bridgehead atoms. The van der Waals surface area contributed by atoms with Crippen molar-refractivity contribution < 1.29 is 23.0 Å². The van der Waals surface area contributed by atoms with Gasteiger partial charge in [-0.2, -0.15) is 0 Å². The Labute approximate surface area is 149 Å². The van der Waals surface area contributed by atoms with E-state index in [-0.39, 0.29) is 18.2 Å².